The Kier molecular flexibility index (Phi) is 12.6. The molecule has 1 aliphatic rings. The molecule has 0 aliphatic carbocycles. The maximum Gasteiger partial charge on any atom is 0.303 e. The molecule has 9 heteroatoms. The van der Waals surface area contributed by atoms with Gasteiger partial charge in [-0.25, -0.2) is 0 Å². The molecule has 3 N–H and O–H groups in total. The monoisotopic (exact) mass is 581 g/mol. The molecule has 1 amide bonds. The third-order valence-electron chi connectivity index (χ3n) is 7.22. The molecule has 1 aromatic heterocycles. The summed E-state index contributed by atoms with van der Waals surface area (Å²) in [5, 5.41) is 16.1. The van der Waals surface area contributed by atoms with Crippen LogP contribution < -0.4 is 10.6 Å². The molecule has 0 saturated carbocycles. The molecule has 1 saturated heterocycles. The zero-order chi connectivity index (χ0) is 29.8. The Balaban J connectivity index is 0.000000832. The predicted molar refractivity (Wildman–Crippen MR) is 162 cm³/mol. The van der Waals surface area contributed by atoms with Crippen LogP contribution in [0.25, 0.3) is 10.9 Å². The zero-order valence-corrected chi connectivity index (χ0v) is 24.7. The van der Waals surface area contributed by atoms with Gasteiger partial charge in [0, 0.05) is 40.2 Å². The first kappa shape index (κ1) is 32.0. The molecule has 0 radical (unpaired) electrons. The van der Waals surface area contributed by atoms with Gasteiger partial charge in [0.05, 0.1) is 11.9 Å². The molecule has 0 spiro atoms. The van der Waals surface area contributed by atoms with Crippen LogP contribution in [0.4, 0.5) is 0 Å². The number of halogens is 1. The molecule has 1 fully saturated rings. The summed E-state index contributed by atoms with van der Waals surface area (Å²) in [5.74, 6) is -1.26. The number of nitrogens with zero attached hydrogens (tertiary/aromatic N) is 1. The topological polar surface area (TPSA) is 118 Å². The van der Waals surface area contributed by atoms with Gasteiger partial charge in [-0.15, -0.1) is 0 Å². The van der Waals surface area contributed by atoms with E-state index in [0.29, 0.717) is 51.3 Å². The van der Waals surface area contributed by atoms with Gasteiger partial charge in [0.1, 0.15) is 0 Å². The van der Waals surface area contributed by atoms with E-state index >= 15 is 0 Å². The van der Waals surface area contributed by atoms with Crippen molar-refractivity contribution in [3.63, 3.8) is 0 Å². The van der Waals surface area contributed by atoms with Crippen molar-refractivity contribution in [3.8, 4) is 0 Å². The number of carboxylic acids is 1. The molecule has 0 unspecified atom stereocenters. The normalized spacial score (nSPS) is 12.6. The maximum absolute atomic E-state index is 13.4. The second kappa shape index (κ2) is 16.1. The van der Waals surface area contributed by atoms with E-state index in [4.69, 9.17) is 16.7 Å². The number of carbonyl (C=O) groups is 4. The lowest BCUT2D eigenvalue weighted by Crippen LogP contribution is -2.26. The van der Waals surface area contributed by atoms with Gasteiger partial charge in [0.15, 0.2) is 5.78 Å². The van der Waals surface area contributed by atoms with Crippen molar-refractivity contribution in [2.45, 2.75) is 71.6 Å². The van der Waals surface area contributed by atoms with Crippen LogP contribution in [0.3, 0.4) is 0 Å². The summed E-state index contributed by atoms with van der Waals surface area (Å²) in [4.78, 5) is 48.7. The number of hydrogen-bond donors (Lipinski definition) is 3. The van der Waals surface area contributed by atoms with Crippen molar-refractivity contribution in [3.05, 3.63) is 69.9 Å². The van der Waals surface area contributed by atoms with Crippen molar-refractivity contribution in [2.75, 3.05) is 19.6 Å². The number of amides is 1. The van der Waals surface area contributed by atoms with Gasteiger partial charge in [-0.1, -0.05) is 30.9 Å². The molecule has 41 heavy (non-hydrogen) atoms. The van der Waals surface area contributed by atoms with Crippen molar-refractivity contribution in [1.29, 1.82) is 0 Å². The minimum Gasteiger partial charge on any atom is -0.481 e. The van der Waals surface area contributed by atoms with Gasteiger partial charge in [-0.3, -0.25) is 23.7 Å². The number of ketones is 1. The molecule has 3 aromatic rings. The van der Waals surface area contributed by atoms with Gasteiger partial charge >= 0.3 is 5.97 Å². The SMILES string of the molecule is C1CCNC1.CC(=O)c1ccc2c(c1)c(CC(=O)NCCCCCCCC(=O)O)c(C)n2C(=O)c1ccc(Cl)cc1. The number of aliphatic carboxylic acids is 1. The Hall–Kier alpha value is -3.49. The molecule has 0 atom stereocenters. The molecule has 220 valence electrons. The third-order valence-corrected chi connectivity index (χ3v) is 7.47. The number of Topliss-reactive ketones (excluding diaryl/α,β-unsaturated/α-hetero) is 1. The van der Waals surface area contributed by atoms with E-state index in [1.165, 1.54) is 32.9 Å². The van der Waals surface area contributed by atoms with E-state index < -0.39 is 5.97 Å². The number of hydrogen-bond acceptors (Lipinski definition) is 5. The smallest absolute Gasteiger partial charge is 0.303 e. The fourth-order valence-corrected chi connectivity index (χ4v) is 5.04. The lowest BCUT2D eigenvalue weighted by Gasteiger charge is -2.08. The highest BCUT2D eigenvalue weighted by molar-refractivity contribution is 6.30. The maximum atomic E-state index is 13.4. The van der Waals surface area contributed by atoms with E-state index in [0.717, 1.165) is 25.7 Å². The fraction of sp³-hybridized carbons (Fsp3) is 0.438. The molecule has 4 rings (SSSR count). The average molecular weight is 582 g/mol. The van der Waals surface area contributed by atoms with Gasteiger partial charge < -0.3 is 15.7 Å². The summed E-state index contributed by atoms with van der Waals surface area (Å²) >= 11 is 5.98. The molecule has 2 aromatic carbocycles. The largest absolute Gasteiger partial charge is 0.481 e. The van der Waals surface area contributed by atoms with Crippen LogP contribution in [0.1, 0.15) is 90.3 Å². The van der Waals surface area contributed by atoms with Crippen LogP contribution >= 0.6 is 11.6 Å². The van der Waals surface area contributed by atoms with E-state index in [9.17, 15) is 19.2 Å². The molecular weight excluding hydrogens is 542 g/mol. The minimum atomic E-state index is -0.774. The van der Waals surface area contributed by atoms with Crippen molar-refractivity contribution in [1.82, 2.24) is 15.2 Å². The van der Waals surface area contributed by atoms with Crippen LogP contribution in [0.15, 0.2) is 42.5 Å². The van der Waals surface area contributed by atoms with Crippen molar-refractivity contribution < 1.29 is 24.3 Å². The lowest BCUT2D eigenvalue weighted by molar-refractivity contribution is -0.137. The number of rotatable bonds is 12. The van der Waals surface area contributed by atoms with Crippen LogP contribution in [0.2, 0.25) is 5.02 Å². The van der Waals surface area contributed by atoms with Gasteiger partial charge in [-0.2, -0.15) is 0 Å². The Morgan fingerprint density at radius 3 is 2.17 bits per heavy atom. The summed E-state index contributed by atoms with van der Waals surface area (Å²) in [6.07, 6.45) is 7.23. The zero-order valence-electron chi connectivity index (χ0n) is 23.9. The standard InChI is InChI=1S/C28H31ClN2O5.C4H9N/c1-18-23(17-26(33)30-15-7-5-3-4-6-8-27(34)35)24-16-21(19(2)32)11-14-25(24)31(18)28(36)20-9-12-22(29)13-10-20;1-2-4-5-3-1/h9-14,16H,3-8,15,17H2,1-2H3,(H,30,33)(H,34,35);5H,1-4H2. The number of carboxylic acid groups (broad SMARTS) is 1. The van der Waals surface area contributed by atoms with E-state index in [2.05, 4.69) is 10.6 Å². The van der Waals surface area contributed by atoms with Crippen molar-refractivity contribution in [2.24, 2.45) is 0 Å². The molecule has 8 nitrogen and oxygen atoms in total. The first-order chi connectivity index (χ1) is 19.7. The van der Waals surface area contributed by atoms with Crippen LogP contribution in [-0.2, 0) is 16.0 Å². The van der Waals surface area contributed by atoms with Crippen molar-refractivity contribution >= 4 is 46.1 Å². The highest BCUT2D eigenvalue weighted by atomic mass is 35.5. The number of carbonyl (C=O) groups excluding carboxylic acids is 3. The number of aromatic nitrogens is 1. The minimum absolute atomic E-state index is 0.0865. The average Bonchev–Trinajstić information content (AvgIpc) is 3.61. The fourth-order valence-electron chi connectivity index (χ4n) is 4.92. The Morgan fingerprint density at radius 1 is 0.927 bits per heavy atom. The summed E-state index contributed by atoms with van der Waals surface area (Å²) < 4.78 is 1.59. The Labute approximate surface area is 246 Å². The molecule has 1 aliphatic heterocycles. The van der Waals surface area contributed by atoms with Crippen LogP contribution in [-0.4, -0.2) is 52.9 Å². The molecule has 0 bridgehead atoms. The predicted octanol–water partition coefficient (Wildman–Crippen LogP) is 5.95. The number of benzene rings is 2. The number of unbranched alkanes of at least 4 members (excludes halogenated alkanes) is 4. The highest BCUT2D eigenvalue weighted by Crippen LogP contribution is 2.29. The molecule has 2 heterocycles. The van der Waals surface area contributed by atoms with E-state index in [1.54, 1.807) is 54.0 Å². The van der Waals surface area contributed by atoms with Gasteiger partial charge in [0.25, 0.3) is 5.91 Å². The van der Waals surface area contributed by atoms with E-state index in [1.807, 2.05) is 0 Å². The Morgan fingerprint density at radius 2 is 1.56 bits per heavy atom. The summed E-state index contributed by atoms with van der Waals surface area (Å²) in [5.41, 5.74) is 2.99. The summed E-state index contributed by atoms with van der Waals surface area (Å²) in [6, 6.07) is 11.8. The lowest BCUT2D eigenvalue weighted by atomic mass is 10.0. The first-order valence-corrected chi connectivity index (χ1v) is 14.7. The first-order valence-electron chi connectivity index (χ1n) is 14.3. The number of nitrogens with one attached hydrogen (secondary N) is 2. The van der Waals surface area contributed by atoms with Crippen LogP contribution in [0.5, 0.6) is 0 Å². The van der Waals surface area contributed by atoms with Gasteiger partial charge in [0.2, 0.25) is 5.91 Å². The van der Waals surface area contributed by atoms with Crippen LogP contribution in [0, 0.1) is 6.92 Å². The highest BCUT2D eigenvalue weighted by Gasteiger charge is 2.22. The molecular formula is C32H40ClN3O5. The summed E-state index contributed by atoms with van der Waals surface area (Å²) in [7, 11) is 0. The quantitative estimate of drug-likeness (QED) is 0.180. The van der Waals surface area contributed by atoms with Gasteiger partial charge in [-0.05, 0) is 101 Å². The summed E-state index contributed by atoms with van der Waals surface area (Å²) in [6.45, 7) is 6.32. The second-order valence-electron chi connectivity index (χ2n) is 10.4. The third kappa shape index (κ3) is 9.54. The Bertz CT molecular complexity index is 1350. The number of fused-ring (bicyclic) bond motifs is 1. The van der Waals surface area contributed by atoms with E-state index in [-0.39, 0.29) is 30.4 Å². The second-order valence-corrected chi connectivity index (χ2v) is 10.8.